The van der Waals surface area contributed by atoms with Gasteiger partial charge in [0.15, 0.2) is 5.92 Å². The van der Waals surface area contributed by atoms with Crippen LogP contribution in [0, 0.1) is 11.8 Å². The zero-order chi connectivity index (χ0) is 27.2. The van der Waals surface area contributed by atoms with E-state index in [0.29, 0.717) is 42.9 Å². The van der Waals surface area contributed by atoms with Crippen LogP contribution in [0.15, 0.2) is 65.6 Å². The minimum atomic E-state index is -1.21. The van der Waals surface area contributed by atoms with Crippen molar-refractivity contribution in [3.8, 4) is 0 Å². The average molecular weight is 541 g/mol. The van der Waals surface area contributed by atoms with Crippen LogP contribution in [-0.4, -0.2) is 71.9 Å². The Hall–Kier alpha value is -3.50. The molecule has 0 radical (unpaired) electrons. The normalized spacial score (nSPS) is 18.7. The van der Waals surface area contributed by atoms with Crippen molar-refractivity contribution in [2.45, 2.75) is 23.8 Å². The van der Waals surface area contributed by atoms with Crippen molar-refractivity contribution in [2.24, 2.45) is 11.8 Å². The summed E-state index contributed by atoms with van der Waals surface area (Å²) in [5.74, 6) is -2.36. The Morgan fingerprint density at radius 1 is 0.947 bits per heavy atom. The topological polar surface area (TPSA) is 104 Å². The molecule has 0 aliphatic carbocycles. The summed E-state index contributed by atoms with van der Waals surface area (Å²) < 4.78 is 29.5. The Labute approximate surface area is 224 Å². The smallest absolute Gasteiger partial charge is 0.418 e. The molecule has 0 spiro atoms. The van der Waals surface area contributed by atoms with Gasteiger partial charge in [0.05, 0.1) is 43.7 Å². The molecule has 1 unspecified atom stereocenters. The first kappa shape index (κ1) is 27.5. The summed E-state index contributed by atoms with van der Waals surface area (Å²) in [7, 11) is 2.62. The van der Waals surface area contributed by atoms with E-state index in [-0.39, 0.29) is 12.0 Å². The van der Waals surface area contributed by atoms with Crippen molar-refractivity contribution >= 4 is 39.7 Å². The van der Waals surface area contributed by atoms with Gasteiger partial charge in [0.1, 0.15) is 0 Å². The summed E-state index contributed by atoms with van der Waals surface area (Å²) in [6.45, 7) is 1.01. The molecule has 38 heavy (non-hydrogen) atoms. The van der Waals surface area contributed by atoms with E-state index in [0.717, 1.165) is 10.3 Å². The molecular formula is C28H32N2O7S. The number of carbonyl (C=O) groups excluding carboxylic acids is 3. The molecule has 1 aromatic heterocycles. The summed E-state index contributed by atoms with van der Waals surface area (Å²) >= 11 is 0. The van der Waals surface area contributed by atoms with Crippen LogP contribution in [0.2, 0.25) is 0 Å². The number of fused-ring (bicyclic) bond motifs is 1. The predicted octanol–water partition coefficient (Wildman–Crippen LogP) is 3.78. The Morgan fingerprint density at radius 2 is 1.61 bits per heavy atom. The number of esters is 2. The Kier molecular flexibility index (Phi) is 8.96. The number of carbonyl (C=O) groups is 3. The number of likely N-dealkylation sites (tertiary alicyclic amines) is 1. The van der Waals surface area contributed by atoms with Crippen LogP contribution in [0.25, 0.3) is 10.9 Å². The highest BCUT2D eigenvalue weighted by molar-refractivity contribution is 7.85. The summed E-state index contributed by atoms with van der Waals surface area (Å²) in [5.41, 5.74) is 1.38. The van der Waals surface area contributed by atoms with E-state index in [1.165, 1.54) is 25.9 Å². The molecule has 1 aliphatic rings. The third-order valence-electron chi connectivity index (χ3n) is 7.14. The van der Waals surface area contributed by atoms with Crippen LogP contribution in [0.3, 0.4) is 0 Å². The fourth-order valence-electron chi connectivity index (χ4n) is 5.26. The number of ether oxygens (including phenoxy) is 3. The zero-order valence-corrected chi connectivity index (χ0v) is 22.5. The van der Waals surface area contributed by atoms with Crippen molar-refractivity contribution < 1.29 is 32.8 Å². The number of methoxy groups -OCH3 is 3. The monoisotopic (exact) mass is 540 g/mol. The maximum absolute atomic E-state index is 13.0. The van der Waals surface area contributed by atoms with E-state index in [1.807, 2.05) is 60.7 Å². The molecule has 9 nitrogen and oxygen atoms in total. The summed E-state index contributed by atoms with van der Waals surface area (Å²) in [4.78, 5) is 41.1. The van der Waals surface area contributed by atoms with Gasteiger partial charge in [0.2, 0.25) is 0 Å². The van der Waals surface area contributed by atoms with Crippen molar-refractivity contribution in [1.82, 2.24) is 9.47 Å². The first-order valence-electron chi connectivity index (χ1n) is 12.4. The number of hydrogen-bond acceptors (Lipinski definition) is 8. The maximum Gasteiger partial charge on any atom is 0.418 e. The third kappa shape index (κ3) is 5.66. The summed E-state index contributed by atoms with van der Waals surface area (Å²) in [6.07, 6.45) is 0.385. The van der Waals surface area contributed by atoms with Gasteiger partial charge in [-0.25, -0.2) is 9.36 Å². The molecule has 1 fully saturated rings. The first-order chi connectivity index (χ1) is 18.4. The molecular weight excluding hydrogens is 508 g/mol. The zero-order valence-electron chi connectivity index (χ0n) is 21.7. The molecule has 10 heteroatoms. The highest BCUT2D eigenvalue weighted by atomic mass is 32.2. The van der Waals surface area contributed by atoms with Crippen LogP contribution in [-0.2, 0) is 34.6 Å². The fourth-order valence-corrected chi connectivity index (χ4v) is 6.36. The fraction of sp³-hybridized carbons (Fsp3) is 0.393. The molecule has 1 saturated heterocycles. The third-order valence-corrected chi connectivity index (χ3v) is 8.49. The number of benzene rings is 2. The van der Waals surface area contributed by atoms with Gasteiger partial charge in [-0.3, -0.25) is 18.7 Å². The largest absolute Gasteiger partial charge is 0.468 e. The second-order valence-corrected chi connectivity index (χ2v) is 10.7. The molecule has 0 saturated carbocycles. The number of hydrogen-bond donors (Lipinski definition) is 0. The van der Waals surface area contributed by atoms with E-state index in [2.05, 4.69) is 4.90 Å². The lowest BCUT2D eigenvalue weighted by Crippen LogP contribution is -2.45. The Balaban J connectivity index is 1.71. The van der Waals surface area contributed by atoms with E-state index in [9.17, 15) is 18.6 Å². The van der Waals surface area contributed by atoms with E-state index in [4.69, 9.17) is 14.2 Å². The first-order valence-corrected chi connectivity index (χ1v) is 13.7. The van der Waals surface area contributed by atoms with Crippen LogP contribution in [0.4, 0.5) is 4.79 Å². The summed E-state index contributed by atoms with van der Waals surface area (Å²) in [5, 5.41) is 0.861. The standard InChI is InChI=1S/C28H32N2O7S/c1-35-26(31)25(27(32)36-2)20-13-14-29(15-16-38(34)21-10-5-4-6-11-21)23(18-20)24-17-19-9-7-8-12-22(19)30(24)28(33)37-3/h4-12,17,20,23,25H,13-16,18H2,1-3H3/t20-,23+,38?/m1/s1. The lowest BCUT2D eigenvalue weighted by atomic mass is 9.80. The van der Waals surface area contributed by atoms with Crippen molar-refractivity contribution in [1.29, 1.82) is 0 Å². The minimum absolute atomic E-state index is 0.357. The lowest BCUT2D eigenvalue weighted by molar-refractivity contribution is -0.163. The molecule has 2 aromatic carbocycles. The van der Waals surface area contributed by atoms with Gasteiger partial charge in [-0.1, -0.05) is 36.4 Å². The van der Waals surface area contributed by atoms with Crippen LogP contribution < -0.4 is 0 Å². The maximum atomic E-state index is 13.0. The molecule has 3 atom stereocenters. The minimum Gasteiger partial charge on any atom is -0.468 e. The Bertz CT molecular complexity index is 1310. The summed E-state index contributed by atoms with van der Waals surface area (Å²) in [6, 6.07) is 18.4. The number of rotatable bonds is 8. The second-order valence-electron chi connectivity index (χ2n) is 9.16. The van der Waals surface area contributed by atoms with Gasteiger partial charge in [-0.05, 0) is 49.6 Å². The SMILES string of the molecule is COC(=O)C(C(=O)OC)[C@@H]1CCN(CCS(=O)c2ccccc2)[C@H](c2cc3ccccc3n2C(=O)OC)C1. The van der Waals surface area contributed by atoms with Crippen LogP contribution in [0.5, 0.6) is 0 Å². The molecule has 0 bridgehead atoms. The number of aromatic nitrogens is 1. The van der Waals surface area contributed by atoms with Crippen molar-refractivity contribution in [2.75, 3.05) is 40.2 Å². The van der Waals surface area contributed by atoms with Crippen LogP contribution in [0.1, 0.15) is 24.6 Å². The van der Waals surface area contributed by atoms with Crippen molar-refractivity contribution in [3.05, 3.63) is 66.4 Å². The highest BCUT2D eigenvalue weighted by Crippen LogP contribution is 2.40. The van der Waals surface area contributed by atoms with E-state index in [1.54, 1.807) is 0 Å². The van der Waals surface area contributed by atoms with E-state index >= 15 is 0 Å². The predicted molar refractivity (Wildman–Crippen MR) is 142 cm³/mol. The van der Waals surface area contributed by atoms with Gasteiger partial charge in [-0.15, -0.1) is 0 Å². The van der Waals surface area contributed by atoms with Gasteiger partial charge >= 0.3 is 18.0 Å². The molecule has 4 rings (SSSR count). The van der Waals surface area contributed by atoms with Gasteiger partial charge < -0.3 is 14.2 Å². The molecule has 0 amide bonds. The number of piperidine rings is 1. The number of para-hydroxylation sites is 1. The quantitative estimate of drug-likeness (QED) is 0.242. The molecule has 3 aromatic rings. The van der Waals surface area contributed by atoms with Crippen LogP contribution >= 0.6 is 0 Å². The Morgan fingerprint density at radius 3 is 2.26 bits per heavy atom. The molecule has 0 N–H and O–H groups in total. The average Bonchev–Trinajstić information content (AvgIpc) is 3.35. The van der Waals surface area contributed by atoms with Crippen molar-refractivity contribution in [3.63, 3.8) is 0 Å². The lowest BCUT2D eigenvalue weighted by Gasteiger charge is -2.41. The molecule has 1 aliphatic heterocycles. The van der Waals surface area contributed by atoms with Gasteiger partial charge in [0.25, 0.3) is 0 Å². The molecule has 2 heterocycles. The second kappa shape index (κ2) is 12.4. The van der Waals surface area contributed by atoms with E-state index < -0.39 is 34.7 Å². The highest BCUT2D eigenvalue weighted by Gasteiger charge is 2.43. The van der Waals surface area contributed by atoms with Gasteiger partial charge in [-0.2, -0.15) is 0 Å². The number of nitrogens with zero attached hydrogens (tertiary/aromatic N) is 2. The van der Waals surface area contributed by atoms with Gasteiger partial charge in [0, 0.05) is 28.3 Å². The molecule has 202 valence electrons.